The van der Waals surface area contributed by atoms with Gasteiger partial charge in [-0.25, -0.2) is 0 Å². The zero-order chi connectivity index (χ0) is 22.8. The molecule has 162 valence electrons. The van der Waals surface area contributed by atoms with Gasteiger partial charge in [-0.3, -0.25) is 14.6 Å². The fraction of sp³-hybridized carbons (Fsp3) is 0.125. The Kier molecular flexibility index (Phi) is 5.51. The van der Waals surface area contributed by atoms with Gasteiger partial charge in [0.25, 0.3) is 0 Å². The molecule has 2 aromatic carbocycles. The number of carbonyl (C=O) groups excluding carboxylic acids is 1. The van der Waals surface area contributed by atoms with Crippen LogP contribution >= 0.6 is 0 Å². The van der Waals surface area contributed by atoms with Crippen molar-refractivity contribution in [3.8, 4) is 28.6 Å². The van der Waals surface area contributed by atoms with Crippen LogP contribution < -0.4 is 5.43 Å². The first-order chi connectivity index (χ1) is 15.4. The van der Waals surface area contributed by atoms with Crippen LogP contribution in [0, 0.1) is 0 Å². The van der Waals surface area contributed by atoms with E-state index >= 15 is 0 Å². The van der Waals surface area contributed by atoms with Crippen molar-refractivity contribution < 1.29 is 29.3 Å². The van der Waals surface area contributed by atoms with Gasteiger partial charge in [0.1, 0.15) is 16.7 Å². The molecule has 8 heteroatoms. The van der Waals surface area contributed by atoms with Crippen LogP contribution in [0.2, 0.25) is 0 Å². The molecule has 4 aromatic rings. The maximum atomic E-state index is 12.9. The molecule has 0 aliphatic heterocycles. The average molecular weight is 433 g/mol. The van der Waals surface area contributed by atoms with Crippen LogP contribution in [0.15, 0.2) is 70.1 Å². The molecule has 0 saturated heterocycles. The van der Waals surface area contributed by atoms with Crippen LogP contribution in [0.1, 0.15) is 23.5 Å². The molecule has 2 heterocycles. The molecule has 1 atom stereocenters. The number of aromatic hydroxyl groups is 3. The number of ether oxygens (including phenoxy) is 1. The number of methoxy groups -OCH3 is 1. The maximum Gasteiger partial charge on any atom is 0.306 e. The Morgan fingerprint density at radius 3 is 2.47 bits per heavy atom. The van der Waals surface area contributed by atoms with Gasteiger partial charge in [-0.05, 0) is 11.6 Å². The van der Waals surface area contributed by atoms with E-state index in [0.717, 1.165) is 0 Å². The molecule has 0 amide bonds. The number of pyridine rings is 1. The molecule has 0 fully saturated rings. The zero-order valence-corrected chi connectivity index (χ0v) is 17.0. The number of fused-ring (bicyclic) bond motifs is 1. The highest BCUT2D eigenvalue weighted by Crippen LogP contribution is 2.49. The first-order valence-corrected chi connectivity index (χ1v) is 9.69. The number of rotatable bonds is 5. The first-order valence-electron chi connectivity index (χ1n) is 9.69. The van der Waals surface area contributed by atoms with E-state index in [2.05, 4.69) is 4.98 Å². The van der Waals surface area contributed by atoms with Crippen molar-refractivity contribution in [3.05, 3.63) is 82.3 Å². The number of esters is 1. The lowest BCUT2D eigenvalue weighted by atomic mass is 9.87. The predicted molar refractivity (Wildman–Crippen MR) is 116 cm³/mol. The van der Waals surface area contributed by atoms with E-state index in [4.69, 9.17) is 9.15 Å². The summed E-state index contributed by atoms with van der Waals surface area (Å²) in [5, 5.41) is 31.3. The molecule has 0 aliphatic carbocycles. The van der Waals surface area contributed by atoms with E-state index in [9.17, 15) is 24.9 Å². The summed E-state index contributed by atoms with van der Waals surface area (Å²) in [6.45, 7) is 0. The lowest BCUT2D eigenvalue weighted by Crippen LogP contribution is -2.12. The second kappa shape index (κ2) is 8.43. The minimum Gasteiger partial charge on any atom is -0.504 e. The summed E-state index contributed by atoms with van der Waals surface area (Å²) in [6.07, 6.45) is 2.79. The number of hydrogen-bond acceptors (Lipinski definition) is 8. The van der Waals surface area contributed by atoms with Gasteiger partial charge >= 0.3 is 5.97 Å². The maximum absolute atomic E-state index is 12.9. The highest BCUT2D eigenvalue weighted by atomic mass is 16.5. The fourth-order valence-electron chi connectivity index (χ4n) is 3.66. The number of hydrogen-bond donors (Lipinski definition) is 3. The molecule has 0 unspecified atom stereocenters. The molecule has 32 heavy (non-hydrogen) atoms. The van der Waals surface area contributed by atoms with Crippen molar-refractivity contribution in [2.24, 2.45) is 0 Å². The molecule has 0 radical (unpaired) electrons. The number of aromatic nitrogens is 1. The number of benzene rings is 2. The van der Waals surface area contributed by atoms with E-state index in [-0.39, 0.29) is 28.7 Å². The van der Waals surface area contributed by atoms with Gasteiger partial charge in [-0.1, -0.05) is 36.4 Å². The molecule has 4 rings (SSSR count). The van der Waals surface area contributed by atoms with Crippen LogP contribution in [-0.2, 0) is 9.53 Å². The number of nitrogens with zero attached hydrogens (tertiary/aromatic N) is 1. The van der Waals surface area contributed by atoms with Gasteiger partial charge in [0.15, 0.2) is 16.9 Å². The average Bonchev–Trinajstić information content (AvgIpc) is 2.82. The van der Waals surface area contributed by atoms with Crippen molar-refractivity contribution in [1.29, 1.82) is 0 Å². The van der Waals surface area contributed by atoms with Gasteiger partial charge in [0.05, 0.1) is 13.5 Å². The molecule has 0 aliphatic rings. The third-order valence-corrected chi connectivity index (χ3v) is 5.22. The van der Waals surface area contributed by atoms with Crippen molar-refractivity contribution >= 4 is 16.9 Å². The van der Waals surface area contributed by atoms with E-state index in [1.165, 1.54) is 19.4 Å². The fourth-order valence-corrected chi connectivity index (χ4v) is 3.66. The molecule has 8 nitrogen and oxygen atoms in total. The third-order valence-electron chi connectivity index (χ3n) is 5.22. The lowest BCUT2D eigenvalue weighted by Gasteiger charge is -2.20. The summed E-state index contributed by atoms with van der Waals surface area (Å²) < 4.78 is 10.8. The van der Waals surface area contributed by atoms with E-state index < -0.39 is 34.6 Å². The quantitative estimate of drug-likeness (QED) is 0.321. The summed E-state index contributed by atoms with van der Waals surface area (Å²) in [5.41, 5.74) is 0.287. The Balaban J connectivity index is 2.09. The second-order valence-electron chi connectivity index (χ2n) is 7.12. The van der Waals surface area contributed by atoms with E-state index in [1.54, 1.807) is 48.7 Å². The van der Waals surface area contributed by atoms with Gasteiger partial charge in [-0.2, -0.15) is 0 Å². The third kappa shape index (κ3) is 3.62. The molecule has 0 bridgehead atoms. The Morgan fingerprint density at radius 2 is 1.81 bits per heavy atom. The first kappa shape index (κ1) is 20.9. The molecule has 3 N–H and O–H groups in total. The standard InChI is InChI=1S/C24H19NO7/c1-31-18(27)10-15(14-8-5-9-25-12-14)19-21(28)23(30)22(29)20-16(26)11-17(32-24(19)20)13-6-3-2-4-7-13/h2-9,11-12,15,28-30H,10H2,1H3/t15-/m1/s1. The number of phenols is 3. The molecule has 0 saturated carbocycles. The largest absolute Gasteiger partial charge is 0.504 e. The Morgan fingerprint density at radius 1 is 1.06 bits per heavy atom. The van der Waals surface area contributed by atoms with Gasteiger partial charge in [0.2, 0.25) is 5.75 Å². The summed E-state index contributed by atoms with van der Waals surface area (Å²) in [5.74, 6) is -3.69. The minimum atomic E-state index is -0.890. The van der Waals surface area contributed by atoms with Gasteiger partial charge in [0, 0.05) is 35.5 Å². The van der Waals surface area contributed by atoms with Crippen LogP contribution in [0.3, 0.4) is 0 Å². The predicted octanol–water partition coefficient (Wildman–Crippen LogP) is 3.67. The van der Waals surface area contributed by atoms with Crippen LogP contribution in [-0.4, -0.2) is 33.4 Å². The smallest absolute Gasteiger partial charge is 0.306 e. The zero-order valence-electron chi connectivity index (χ0n) is 17.0. The van der Waals surface area contributed by atoms with Crippen molar-refractivity contribution in [1.82, 2.24) is 4.98 Å². The van der Waals surface area contributed by atoms with Crippen molar-refractivity contribution in [2.75, 3.05) is 7.11 Å². The Labute approximate surface area is 182 Å². The highest BCUT2D eigenvalue weighted by Gasteiger charge is 2.31. The summed E-state index contributed by atoms with van der Waals surface area (Å²) >= 11 is 0. The number of phenolic OH excluding ortho intramolecular Hbond substituents is 3. The highest BCUT2D eigenvalue weighted by molar-refractivity contribution is 5.93. The Bertz CT molecular complexity index is 1350. The number of carbonyl (C=O) groups is 1. The SMILES string of the molecule is COC(=O)C[C@H](c1cccnc1)c1c(O)c(O)c(O)c2c(=O)cc(-c3ccccc3)oc12. The van der Waals surface area contributed by atoms with Crippen LogP contribution in [0.4, 0.5) is 0 Å². The second-order valence-corrected chi connectivity index (χ2v) is 7.12. The molecule has 2 aromatic heterocycles. The Hall–Kier alpha value is -4.33. The van der Waals surface area contributed by atoms with Crippen molar-refractivity contribution in [3.63, 3.8) is 0 Å². The summed E-state index contributed by atoms with van der Waals surface area (Å²) in [7, 11) is 1.22. The van der Waals surface area contributed by atoms with Crippen LogP contribution in [0.5, 0.6) is 17.2 Å². The molecule has 0 spiro atoms. The van der Waals surface area contributed by atoms with E-state index in [1.807, 2.05) is 0 Å². The van der Waals surface area contributed by atoms with Gasteiger partial charge in [-0.15, -0.1) is 0 Å². The topological polar surface area (TPSA) is 130 Å². The summed E-state index contributed by atoms with van der Waals surface area (Å²) in [4.78, 5) is 29.2. The monoisotopic (exact) mass is 433 g/mol. The minimum absolute atomic E-state index is 0.0384. The summed E-state index contributed by atoms with van der Waals surface area (Å²) in [6, 6.07) is 13.3. The van der Waals surface area contributed by atoms with Crippen molar-refractivity contribution in [2.45, 2.75) is 12.3 Å². The molecular weight excluding hydrogens is 414 g/mol. The lowest BCUT2D eigenvalue weighted by molar-refractivity contribution is -0.140. The van der Waals surface area contributed by atoms with Crippen LogP contribution in [0.25, 0.3) is 22.3 Å². The van der Waals surface area contributed by atoms with Gasteiger partial charge < -0.3 is 24.5 Å². The normalized spacial score (nSPS) is 11.9. The molecular formula is C24H19NO7. The van der Waals surface area contributed by atoms with E-state index in [0.29, 0.717) is 11.1 Å².